The van der Waals surface area contributed by atoms with E-state index in [1.807, 2.05) is 0 Å². The summed E-state index contributed by atoms with van der Waals surface area (Å²) >= 11 is 0. The Morgan fingerprint density at radius 1 is 0.576 bits per heavy atom. The Kier molecular flexibility index (Phi) is 8.51. The topological polar surface area (TPSA) is 161 Å². The average molecular weight is 507 g/mol. The van der Waals surface area contributed by atoms with Gasteiger partial charge in [0.15, 0.2) is 0 Å². The van der Waals surface area contributed by atoms with E-state index < -0.39 is 30.0 Å². The fourth-order valence-electron chi connectivity index (χ4n) is 3.24. The molecule has 162 valence electrons. The molecule has 9 nitrogen and oxygen atoms in total. The first kappa shape index (κ1) is 27.9. The van der Waals surface area contributed by atoms with Crippen molar-refractivity contribution < 1.29 is 36.2 Å². The molecule has 0 unspecified atom stereocenters. The van der Waals surface area contributed by atoms with Crippen LogP contribution in [0.1, 0.15) is 0 Å². The number of anilines is 2. The van der Waals surface area contributed by atoms with E-state index in [-0.39, 0.29) is 70.6 Å². The Morgan fingerprint density at radius 2 is 0.939 bits per heavy atom. The summed E-state index contributed by atoms with van der Waals surface area (Å²) < 4.78 is 63.6. The molecule has 2 radical (unpaired) electrons. The zero-order valence-electron chi connectivity index (χ0n) is 17.5. The average Bonchev–Trinajstić information content (AvgIpc) is 2.67. The van der Waals surface area contributed by atoms with Crippen LogP contribution in [0.2, 0.25) is 0 Å². The van der Waals surface area contributed by atoms with Gasteiger partial charge in [0.25, 0.3) is 20.2 Å². The van der Waals surface area contributed by atoms with E-state index in [0.29, 0.717) is 32.9 Å². The van der Waals surface area contributed by atoms with E-state index in [9.17, 15) is 36.2 Å². The SMILES string of the molecule is O=S(=O)(O)c1cc(O)c2cc(Nc3ccc4cc(S(=O)(=O)O)cc(O)c4c3)ccc2c1.[Na].[Na]. The van der Waals surface area contributed by atoms with Crippen molar-refractivity contribution in [2.24, 2.45) is 0 Å². The molecule has 4 aromatic carbocycles. The zero-order valence-corrected chi connectivity index (χ0v) is 23.1. The van der Waals surface area contributed by atoms with Gasteiger partial charge in [-0.1, -0.05) is 12.1 Å². The summed E-state index contributed by atoms with van der Waals surface area (Å²) in [4.78, 5) is -0.847. The van der Waals surface area contributed by atoms with Crippen LogP contribution in [0.3, 0.4) is 0 Å². The summed E-state index contributed by atoms with van der Waals surface area (Å²) in [6.07, 6.45) is 0. The molecule has 0 aliphatic rings. The largest absolute Gasteiger partial charge is 0.507 e. The third-order valence-corrected chi connectivity index (χ3v) is 6.36. The molecule has 0 saturated heterocycles. The maximum atomic E-state index is 11.3. The third-order valence-electron chi connectivity index (χ3n) is 4.70. The molecule has 13 heteroatoms. The molecule has 0 fully saturated rings. The maximum absolute atomic E-state index is 11.3. The summed E-state index contributed by atoms with van der Waals surface area (Å²) in [5.41, 5.74) is 1.08. The van der Waals surface area contributed by atoms with Gasteiger partial charge in [-0.15, -0.1) is 0 Å². The van der Waals surface area contributed by atoms with Crippen molar-refractivity contribution in [3.63, 3.8) is 0 Å². The monoisotopic (exact) mass is 507 g/mol. The number of hydrogen-bond donors (Lipinski definition) is 5. The molecule has 0 saturated carbocycles. The van der Waals surface area contributed by atoms with Gasteiger partial charge in [-0.25, -0.2) is 0 Å². The van der Waals surface area contributed by atoms with Gasteiger partial charge >= 0.3 is 0 Å². The summed E-state index contributed by atoms with van der Waals surface area (Å²) in [6, 6.07) is 13.9. The van der Waals surface area contributed by atoms with Crippen molar-refractivity contribution in [2.75, 3.05) is 5.32 Å². The molecule has 0 amide bonds. The first-order valence-electron chi connectivity index (χ1n) is 8.67. The molecule has 0 bridgehead atoms. The number of fused-ring (bicyclic) bond motifs is 2. The van der Waals surface area contributed by atoms with Crippen LogP contribution in [-0.2, 0) is 20.2 Å². The predicted molar refractivity (Wildman–Crippen MR) is 126 cm³/mol. The molecule has 0 aliphatic heterocycles. The third kappa shape index (κ3) is 6.01. The Labute approximate surface area is 233 Å². The molecule has 0 spiro atoms. The van der Waals surface area contributed by atoms with Crippen molar-refractivity contribution in [3.05, 3.63) is 60.7 Å². The van der Waals surface area contributed by atoms with Gasteiger partial charge in [0.05, 0.1) is 9.79 Å². The number of nitrogens with one attached hydrogen (secondary N) is 1. The van der Waals surface area contributed by atoms with Gasteiger partial charge in [0, 0.05) is 93.4 Å². The Balaban J connectivity index is 0.00000193. The Morgan fingerprint density at radius 3 is 1.27 bits per heavy atom. The van der Waals surface area contributed by atoms with Gasteiger partial charge in [-0.05, 0) is 47.2 Å². The molecule has 5 N–H and O–H groups in total. The van der Waals surface area contributed by atoms with Gasteiger partial charge in [-0.2, -0.15) is 16.8 Å². The van der Waals surface area contributed by atoms with Crippen LogP contribution in [0, 0.1) is 0 Å². The molecule has 33 heavy (non-hydrogen) atoms. The van der Waals surface area contributed by atoms with E-state index in [2.05, 4.69) is 5.32 Å². The zero-order chi connectivity index (χ0) is 22.6. The number of phenolic OH excluding ortho intramolecular Hbond substituents is 2. The Bertz CT molecular complexity index is 1470. The second kappa shape index (κ2) is 10.1. The Hall–Kier alpha value is -1.38. The van der Waals surface area contributed by atoms with E-state index in [1.54, 1.807) is 36.4 Å². The van der Waals surface area contributed by atoms with Gasteiger partial charge in [0.2, 0.25) is 0 Å². The van der Waals surface area contributed by atoms with E-state index in [1.165, 1.54) is 12.1 Å². The van der Waals surface area contributed by atoms with E-state index >= 15 is 0 Å². The van der Waals surface area contributed by atoms with Crippen molar-refractivity contribution >= 4 is 112 Å². The quantitative estimate of drug-likeness (QED) is 0.207. The number of aromatic hydroxyl groups is 2. The van der Waals surface area contributed by atoms with Crippen LogP contribution in [0.25, 0.3) is 21.5 Å². The second-order valence-electron chi connectivity index (χ2n) is 6.83. The molecular weight excluding hydrogens is 492 g/mol. The smallest absolute Gasteiger partial charge is 0.294 e. The minimum atomic E-state index is -4.47. The fourth-order valence-corrected chi connectivity index (χ4v) is 4.32. The normalized spacial score (nSPS) is 11.6. The van der Waals surface area contributed by atoms with Crippen molar-refractivity contribution in [1.29, 1.82) is 0 Å². The molecular formula is C20H15NNa2O8S2. The summed E-state index contributed by atoms with van der Waals surface area (Å²) in [5, 5.41) is 24.9. The van der Waals surface area contributed by atoms with Crippen LogP contribution in [-0.4, -0.2) is 95.3 Å². The van der Waals surface area contributed by atoms with Crippen LogP contribution in [0.15, 0.2) is 70.5 Å². The standard InChI is InChI=1S/C20H15NO8S2.2Na/c22-19-9-15(30(24,25)26)5-11-1-3-13(7-17(11)19)21-14-4-2-12-6-16(31(27,28)29)10-20(23)18(12)8-14;;/h1-10,21-23H,(H,24,25,26)(H,27,28,29);;. The molecule has 4 aromatic rings. The van der Waals surface area contributed by atoms with Crippen LogP contribution >= 0.6 is 0 Å². The van der Waals surface area contributed by atoms with E-state index in [4.69, 9.17) is 0 Å². The number of rotatable bonds is 4. The van der Waals surface area contributed by atoms with Gasteiger partial charge < -0.3 is 15.5 Å². The second-order valence-corrected chi connectivity index (χ2v) is 9.67. The predicted octanol–water partition coefficient (Wildman–Crippen LogP) is 2.88. The van der Waals surface area contributed by atoms with Gasteiger partial charge in [-0.3, -0.25) is 9.11 Å². The molecule has 0 atom stereocenters. The molecule has 4 rings (SSSR count). The van der Waals surface area contributed by atoms with Crippen molar-refractivity contribution in [2.45, 2.75) is 9.79 Å². The van der Waals surface area contributed by atoms with Crippen molar-refractivity contribution in [3.8, 4) is 11.5 Å². The number of phenols is 2. The number of hydrogen-bond acceptors (Lipinski definition) is 7. The molecule has 0 aliphatic carbocycles. The summed E-state index contributed by atoms with van der Waals surface area (Å²) in [5.74, 6) is -0.662. The van der Waals surface area contributed by atoms with Crippen LogP contribution < -0.4 is 5.32 Å². The van der Waals surface area contributed by atoms with E-state index in [0.717, 1.165) is 12.1 Å². The summed E-state index contributed by atoms with van der Waals surface area (Å²) in [6.45, 7) is 0. The van der Waals surface area contributed by atoms with Gasteiger partial charge in [0.1, 0.15) is 11.5 Å². The van der Waals surface area contributed by atoms with Crippen molar-refractivity contribution in [1.82, 2.24) is 0 Å². The minimum Gasteiger partial charge on any atom is -0.507 e. The minimum absolute atomic E-state index is 0. The summed E-state index contributed by atoms with van der Waals surface area (Å²) in [7, 11) is -8.93. The first-order valence-corrected chi connectivity index (χ1v) is 11.6. The number of benzene rings is 4. The molecule has 0 aromatic heterocycles. The van der Waals surface area contributed by atoms with Crippen LogP contribution in [0.4, 0.5) is 11.4 Å². The first-order chi connectivity index (χ1) is 14.4. The maximum Gasteiger partial charge on any atom is 0.294 e. The van der Waals surface area contributed by atoms with Crippen LogP contribution in [0.5, 0.6) is 11.5 Å². The molecule has 0 heterocycles. The fraction of sp³-hybridized carbons (Fsp3) is 0.